The molecule has 124 valence electrons. The lowest BCUT2D eigenvalue weighted by Gasteiger charge is -2.33. The molecule has 7 heteroatoms. The zero-order valence-corrected chi connectivity index (χ0v) is 15.2. The van der Waals surface area contributed by atoms with Crippen molar-refractivity contribution in [1.29, 1.82) is 0 Å². The van der Waals surface area contributed by atoms with Gasteiger partial charge in [-0.3, -0.25) is 9.47 Å². The second-order valence-electron chi connectivity index (χ2n) is 6.38. The van der Waals surface area contributed by atoms with Crippen LogP contribution in [0.1, 0.15) is 25.8 Å². The smallest absolute Gasteiger partial charge is 0.199 e. The van der Waals surface area contributed by atoms with Gasteiger partial charge in [-0.25, -0.2) is 4.68 Å². The third-order valence-corrected chi connectivity index (χ3v) is 6.04. The highest BCUT2D eigenvalue weighted by Crippen LogP contribution is 2.39. The number of aromatic nitrogens is 3. The summed E-state index contributed by atoms with van der Waals surface area (Å²) in [4.78, 5) is 6.18. The molecule has 0 N–H and O–H groups in total. The van der Waals surface area contributed by atoms with Gasteiger partial charge in [-0.05, 0) is 43.1 Å². The maximum absolute atomic E-state index is 5.75. The highest BCUT2D eigenvalue weighted by Gasteiger charge is 2.29. The van der Waals surface area contributed by atoms with Crippen LogP contribution in [-0.2, 0) is 6.67 Å². The minimum Gasteiger partial charge on any atom is -0.301 e. The Morgan fingerprint density at radius 1 is 1.22 bits per heavy atom. The molecule has 4 rings (SSSR count). The molecule has 0 bridgehead atoms. The van der Waals surface area contributed by atoms with Gasteiger partial charge >= 0.3 is 0 Å². The molecule has 2 aromatic rings. The zero-order valence-electron chi connectivity index (χ0n) is 13.5. The van der Waals surface area contributed by atoms with Crippen molar-refractivity contribution in [2.75, 3.05) is 32.7 Å². The summed E-state index contributed by atoms with van der Waals surface area (Å²) in [5, 5.41) is 6.99. The first-order valence-electron chi connectivity index (χ1n) is 8.44. The molecule has 2 aromatic heterocycles. The molecular formula is C16H23N5S2. The van der Waals surface area contributed by atoms with E-state index in [0.29, 0.717) is 6.04 Å². The largest absolute Gasteiger partial charge is 0.301 e. The van der Waals surface area contributed by atoms with Gasteiger partial charge in [-0.1, -0.05) is 13.0 Å². The summed E-state index contributed by atoms with van der Waals surface area (Å²) in [6.45, 7) is 8.67. The molecule has 0 amide bonds. The number of likely N-dealkylation sites (N-methyl/N-ethyl adjacent to an activating group) is 1. The lowest BCUT2D eigenvalue weighted by Crippen LogP contribution is -2.46. The molecule has 0 aromatic carbocycles. The molecule has 0 unspecified atom stereocenters. The quantitative estimate of drug-likeness (QED) is 0.776. The molecule has 3 heterocycles. The third-order valence-electron chi connectivity index (χ3n) is 4.77. The standard InChI is InChI=1S/C16H23N5S2/c1-2-18-7-9-19(10-8-18)12-20-16(22)21(13-5-6-13)15(17-20)14-4-3-11-23-14/h3-4,11,13H,2,5-10,12H2,1H3. The Morgan fingerprint density at radius 3 is 2.57 bits per heavy atom. The van der Waals surface area contributed by atoms with Crippen LogP contribution in [0.2, 0.25) is 0 Å². The highest BCUT2D eigenvalue weighted by molar-refractivity contribution is 7.71. The first kappa shape index (κ1) is 15.5. The molecule has 2 fully saturated rings. The van der Waals surface area contributed by atoms with Gasteiger partial charge in [-0.15, -0.1) is 16.4 Å². The van der Waals surface area contributed by atoms with Crippen molar-refractivity contribution in [2.45, 2.75) is 32.5 Å². The van der Waals surface area contributed by atoms with E-state index in [1.165, 1.54) is 17.7 Å². The van der Waals surface area contributed by atoms with Crippen molar-refractivity contribution in [2.24, 2.45) is 0 Å². The number of rotatable bonds is 5. The fourth-order valence-corrected chi connectivity index (χ4v) is 4.22. The van der Waals surface area contributed by atoms with E-state index >= 15 is 0 Å². The molecule has 5 nitrogen and oxygen atoms in total. The number of hydrogen-bond acceptors (Lipinski definition) is 5. The molecule has 2 aliphatic rings. The summed E-state index contributed by atoms with van der Waals surface area (Å²) in [5.74, 6) is 1.06. The van der Waals surface area contributed by atoms with Crippen molar-refractivity contribution in [3.8, 4) is 10.7 Å². The summed E-state index contributed by atoms with van der Waals surface area (Å²) in [6, 6.07) is 4.79. The SMILES string of the molecule is CCN1CCN(Cn2nc(-c3cccs3)n(C3CC3)c2=S)CC1. The van der Waals surface area contributed by atoms with Gasteiger partial charge in [-0.2, -0.15) is 0 Å². The van der Waals surface area contributed by atoms with Crippen LogP contribution in [0, 0.1) is 4.77 Å². The molecule has 1 aliphatic carbocycles. The van der Waals surface area contributed by atoms with Gasteiger partial charge in [0.15, 0.2) is 10.6 Å². The van der Waals surface area contributed by atoms with E-state index in [0.717, 1.165) is 50.0 Å². The van der Waals surface area contributed by atoms with E-state index in [4.69, 9.17) is 17.3 Å². The van der Waals surface area contributed by atoms with E-state index in [-0.39, 0.29) is 0 Å². The molecule has 1 saturated heterocycles. The summed E-state index contributed by atoms with van der Waals surface area (Å²) in [7, 11) is 0. The fourth-order valence-electron chi connectivity index (χ4n) is 3.18. The number of thiophene rings is 1. The van der Waals surface area contributed by atoms with Gasteiger partial charge in [0.05, 0.1) is 11.5 Å². The maximum Gasteiger partial charge on any atom is 0.199 e. The monoisotopic (exact) mass is 349 g/mol. The fraction of sp³-hybridized carbons (Fsp3) is 0.625. The van der Waals surface area contributed by atoms with E-state index < -0.39 is 0 Å². The normalized spacial score (nSPS) is 20.2. The molecular weight excluding hydrogens is 326 g/mol. The van der Waals surface area contributed by atoms with Crippen LogP contribution in [0.15, 0.2) is 17.5 Å². The molecule has 1 aliphatic heterocycles. The van der Waals surface area contributed by atoms with Crippen LogP contribution in [-0.4, -0.2) is 56.9 Å². The lowest BCUT2D eigenvalue weighted by molar-refractivity contribution is 0.106. The number of nitrogens with zero attached hydrogens (tertiary/aromatic N) is 5. The van der Waals surface area contributed by atoms with Gasteiger partial charge in [0.2, 0.25) is 0 Å². The van der Waals surface area contributed by atoms with Gasteiger partial charge < -0.3 is 4.90 Å². The lowest BCUT2D eigenvalue weighted by atomic mass is 10.3. The molecule has 1 saturated carbocycles. The number of hydrogen-bond donors (Lipinski definition) is 0. The van der Waals surface area contributed by atoms with E-state index in [1.54, 1.807) is 11.3 Å². The third kappa shape index (κ3) is 3.15. The van der Waals surface area contributed by atoms with Gasteiger partial charge in [0, 0.05) is 32.2 Å². The molecule has 0 radical (unpaired) electrons. The second kappa shape index (κ2) is 6.47. The van der Waals surface area contributed by atoms with E-state index in [1.807, 2.05) is 4.68 Å². The van der Waals surface area contributed by atoms with Crippen molar-refractivity contribution in [1.82, 2.24) is 24.1 Å². The van der Waals surface area contributed by atoms with Gasteiger partial charge in [0.25, 0.3) is 0 Å². The van der Waals surface area contributed by atoms with Gasteiger partial charge in [0.1, 0.15) is 0 Å². The van der Waals surface area contributed by atoms with Crippen molar-refractivity contribution < 1.29 is 0 Å². The van der Waals surface area contributed by atoms with Crippen molar-refractivity contribution >= 4 is 23.6 Å². The summed E-state index contributed by atoms with van der Waals surface area (Å²) < 4.78 is 5.20. The molecule has 23 heavy (non-hydrogen) atoms. The highest BCUT2D eigenvalue weighted by atomic mass is 32.1. The van der Waals surface area contributed by atoms with Crippen LogP contribution in [0.5, 0.6) is 0 Å². The Balaban J connectivity index is 1.57. The maximum atomic E-state index is 5.75. The first-order valence-corrected chi connectivity index (χ1v) is 9.73. The topological polar surface area (TPSA) is 29.2 Å². The van der Waals surface area contributed by atoms with Crippen LogP contribution < -0.4 is 0 Å². The average Bonchev–Trinajstić information content (AvgIpc) is 3.15. The zero-order chi connectivity index (χ0) is 15.8. The molecule has 0 atom stereocenters. The summed E-state index contributed by atoms with van der Waals surface area (Å²) in [5.41, 5.74) is 0. The molecule has 0 spiro atoms. The minimum atomic E-state index is 0.560. The van der Waals surface area contributed by atoms with Crippen LogP contribution in [0.3, 0.4) is 0 Å². The Hall–Kier alpha value is -1.02. The Kier molecular flexibility index (Phi) is 4.36. The van der Waals surface area contributed by atoms with Crippen molar-refractivity contribution in [3.05, 3.63) is 22.3 Å². The number of piperazine rings is 1. The minimum absolute atomic E-state index is 0.560. The van der Waals surface area contributed by atoms with E-state index in [2.05, 4.69) is 38.8 Å². The summed E-state index contributed by atoms with van der Waals surface area (Å²) in [6.07, 6.45) is 2.46. The van der Waals surface area contributed by atoms with Crippen LogP contribution in [0.25, 0.3) is 10.7 Å². The Bertz CT molecular complexity index is 705. The Morgan fingerprint density at radius 2 is 1.96 bits per heavy atom. The van der Waals surface area contributed by atoms with E-state index in [9.17, 15) is 0 Å². The van der Waals surface area contributed by atoms with Crippen LogP contribution in [0.4, 0.5) is 0 Å². The predicted molar refractivity (Wildman–Crippen MR) is 96.3 cm³/mol. The first-order chi connectivity index (χ1) is 11.3. The van der Waals surface area contributed by atoms with Crippen molar-refractivity contribution in [3.63, 3.8) is 0 Å². The average molecular weight is 350 g/mol. The second-order valence-corrected chi connectivity index (χ2v) is 7.69. The predicted octanol–water partition coefficient (Wildman–Crippen LogP) is 3.07. The van der Waals surface area contributed by atoms with Crippen LogP contribution >= 0.6 is 23.6 Å². The Labute approximate surface area is 146 Å². The summed E-state index contributed by atoms with van der Waals surface area (Å²) >= 11 is 7.49.